The van der Waals surface area contributed by atoms with Gasteiger partial charge in [-0.15, -0.1) is 0 Å². The Morgan fingerprint density at radius 1 is 1.17 bits per heavy atom. The van der Waals surface area contributed by atoms with Crippen LogP contribution in [0.1, 0.15) is 43.7 Å². The molecule has 0 amide bonds. The van der Waals surface area contributed by atoms with E-state index in [1.165, 1.54) is 0 Å². The first-order chi connectivity index (χ1) is 13.9. The first kappa shape index (κ1) is 20.2. The van der Waals surface area contributed by atoms with Crippen LogP contribution < -0.4 is 16.0 Å². The summed E-state index contributed by atoms with van der Waals surface area (Å²) in [6, 6.07) is 5.73. The average Bonchev–Trinajstić information content (AvgIpc) is 3.12. The van der Waals surface area contributed by atoms with E-state index in [1.54, 1.807) is 4.52 Å². The lowest BCUT2D eigenvalue weighted by molar-refractivity contribution is 0.495. The third kappa shape index (κ3) is 4.13. The number of nitrogens with zero attached hydrogens (tertiary/aromatic N) is 5. The lowest BCUT2D eigenvalue weighted by Gasteiger charge is -2.30. The molecule has 29 heavy (non-hydrogen) atoms. The van der Waals surface area contributed by atoms with E-state index in [9.17, 15) is 0 Å². The molecule has 9 heteroatoms. The zero-order valence-corrected chi connectivity index (χ0v) is 18.1. The minimum absolute atomic E-state index is 0.246. The zero-order chi connectivity index (χ0) is 20.5. The number of hydrogen-bond acceptors (Lipinski definition) is 6. The van der Waals surface area contributed by atoms with Crippen molar-refractivity contribution >= 4 is 40.7 Å². The number of hydrogen-bond donors (Lipinski definition) is 2. The van der Waals surface area contributed by atoms with E-state index in [1.807, 2.05) is 24.4 Å². The standard InChI is InChI=1S/C20H25Cl2N7/c1-12(2)14-11-25-29-18(14)26-20(28-8-6-13(23)7-9-28)27-19(29)24-10-15-16(21)4-3-5-17(15)22/h3-5,11-13H,6-10,23H2,1-2H3,(H,24,26,27). The maximum atomic E-state index is 6.33. The Morgan fingerprint density at radius 3 is 2.52 bits per heavy atom. The van der Waals surface area contributed by atoms with Crippen LogP contribution in [0, 0.1) is 0 Å². The van der Waals surface area contributed by atoms with Crippen molar-refractivity contribution in [2.45, 2.75) is 45.2 Å². The molecule has 2 aromatic heterocycles. The van der Waals surface area contributed by atoms with E-state index < -0.39 is 0 Å². The topological polar surface area (TPSA) is 84.4 Å². The molecule has 1 aliphatic rings. The zero-order valence-electron chi connectivity index (χ0n) is 16.6. The molecule has 1 aromatic carbocycles. The Morgan fingerprint density at radius 2 is 1.86 bits per heavy atom. The van der Waals surface area contributed by atoms with E-state index in [0.717, 1.165) is 42.7 Å². The summed E-state index contributed by atoms with van der Waals surface area (Å²) in [6.45, 7) is 6.40. The Labute approximate surface area is 180 Å². The number of piperidine rings is 1. The van der Waals surface area contributed by atoms with E-state index in [2.05, 4.69) is 29.2 Å². The fraction of sp³-hybridized carbons (Fsp3) is 0.450. The number of anilines is 2. The normalized spacial score (nSPS) is 15.4. The van der Waals surface area contributed by atoms with Gasteiger partial charge in [0.15, 0.2) is 5.65 Å². The third-order valence-electron chi connectivity index (χ3n) is 5.31. The Hall–Kier alpha value is -2.09. The highest BCUT2D eigenvalue weighted by Gasteiger charge is 2.22. The van der Waals surface area contributed by atoms with Gasteiger partial charge in [-0.1, -0.05) is 43.1 Å². The van der Waals surface area contributed by atoms with Crippen LogP contribution in [0.4, 0.5) is 11.9 Å². The fourth-order valence-electron chi connectivity index (χ4n) is 3.51. The second kappa shape index (κ2) is 8.34. The van der Waals surface area contributed by atoms with Gasteiger partial charge in [0, 0.05) is 46.8 Å². The molecule has 3 aromatic rings. The Bertz CT molecular complexity index is 989. The summed E-state index contributed by atoms with van der Waals surface area (Å²) < 4.78 is 1.75. The van der Waals surface area contributed by atoms with Gasteiger partial charge in [-0.3, -0.25) is 0 Å². The maximum absolute atomic E-state index is 6.33. The smallest absolute Gasteiger partial charge is 0.230 e. The van der Waals surface area contributed by atoms with Crippen molar-refractivity contribution in [2.24, 2.45) is 5.73 Å². The molecule has 1 saturated heterocycles. The fourth-order valence-corrected chi connectivity index (χ4v) is 4.05. The molecule has 0 atom stereocenters. The van der Waals surface area contributed by atoms with Crippen LogP contribution in [0.25, 0.3) is 5.65 Å². The molecule has 0 spiro atoms. The first-order valence-electron chi connectivity index (χ1n) is 9.87. The monoisotopic (exact) mass is 433 g/mol. The van der Waals surface area contributed by atoms with Gasteiger partial charge < -0.3 is 16.0 Å². The number of nitrogens with one attached hydrogen (secondary N) is 1. The number of benzene rings is 1. The summed E-state index contributed by atoms with van der Waals surface area (Å²) in [6.07, 6.45) is 3.73. The predicted octanol–water partition coefficient (Wildman–Crippen LogP) is 4.09. The molecule has 154 valence electrons. The quantitative estimate of drug-likeness (QED) is 0.629. The molecule has 4 rings (SSSR count). The SMILES string of the molecule is CC(C)c1cnn2c(NCc3c(Cl)cccc3Cl)nc(N3CCC(N)CC3)nc12. The van der Waals surface area contributed by atoms with Gasteiger partial charge in [0.2, 0.25) is 11.9 Å². The molecule has 1 aliphatic heterocycles. The van der Waals surface area contributed by atoms with Gasteiger partial charge in [0.05, 0.1) is 6.20 Å². The maximum Gasteiger partial charge on any atom is 0.230 e. The number of aromatic nitrogens is 4. The first-order valence-corrected chi connectivity index (χ1v) is 10.6. The van der Waals surface area contributed by atoms with Crippen molar-refractivity contribution in [3.8, 4) is 0 Å². The van der Waals surface area contributed by atoms with Crippen molar-refractivity contribution < 1.29 is 0 Å². The molecule has 0 aliphatic carbocycles. The van der Waals surface area contributed by atoms with E-state index in [4.69, 9.17) is 38.9 Å². The molecule has 0 bridgehead atoms. The minimum Gasteiger partial charge on any atom is -0.350 e. The molecule has 3 N–H and O–H groups in total. The summed E-state index contributed by atoms with van der Waals surface area (Å²) in [5.74, 6) is 1.61. The second-order valence-electron chi connectivity index (χ2n) is 7.72. The molecule has 7 nitrogen and oxygen atoms in total. The van der Waals surface area contributed by atoms with E-state index in [0.29, 0.717) is 34.4 Å². The predicted molar refractivity (Wildman–Crippen MR) is 118 cm³/mol. The van der Waals surface area contributed by atoms with Gasteiger partial charge >= 0.3 is 0 Å². The average molecular weight is 434 g/mol. The van der Waals surface area contributed by atoms with Crippen LogP contribution in [0.2, 0.25) is 10.0 Å². The Kier molecular flexibility index (Phi) is 5.81. The van der Waals surface area contributed by atoms with Gasteiger partial charge in [0.1, 0.15) is 0 Å². The molecular weight excluding hydrogens is 409 g/mol. The molecular formula is C20H25Cl2N7. The summed E-state index contributed by atoms with van der Waals surface area (Å²) in [4.78, 5) is 11.8. The highest BCUT2D eigenvalue weighted by Crippen LogP contribution is 2.27. The van der Waals surface area contributed by atoms with Gasteiger partial charge in [-0.25, -0.2) is 0 Å². The van der Waals surface area contributed by atoms with Crippen molar-refractivity contribution in [3.63, 3.8) is 0 Å². The number of fused-ring (bicyclic) bond motifs is 1. The van der Waals surface area contributed by atoms with E-state index >= 15 is 0 Å². The highest BCUT2D eigenvalue weighted by atomic mass is 35.5. The third-order valence-corrected chi connectivity index (χ3v) is 6.02. The van der Waals surface area contributed by atoms with Crippen LogP contribution in [0.5, 0.6) is 0 Å². The summed E-state index contributed by atoms with van der Waals surface area (Å²) in [5, 5.41) is 9.10. The van der Waals surface area contributed by atoms with Gasteiger partial charge in [-0.2, -0.15) is 19.6 Å². The van der Waals surface area contributed by atoms with Crippen molar-refractivity contribution in [1.82, 2.24) is 19.6 Å². The molecule has 0 saturated carbocycles. The summed E-state index contributed by atoms with van der Waals surface area (Å²) in [5.41, 5.74) is 8.78. The molecule has 1 fully saturated rings. The van der Waals surface area contributed by atoms with Crippen LogP contribution in [0.15, 0.2) is 24.4 Å². The lowest BCUT2D eigenvalue weighted by atomic mass is 10.1. The largest absolute Gasteiger partial charge is 0.350 e. The highest BCUT2D eigenvalue weighted by molar-refractivity contribution is 6.36. The molecule has 0 unspecified atom stereocenters. The minimum atomic E-state index is 0.246. The van der Waals surface area contributed by atoms with Crippen molar-refractivity contribution in [3.05, 3.63) is 45.6 Å². The van der Waals surface area contributed by atoms with Crippen LogP contribution in [-0.2, 0) is 6.54 Å². The number of rotatable bonds is 5. The Balaban J connectivity index is 1.71. The van der Waals surface area contributed by atoms with Crippen LogP contribution in [0.3, 0.4) is 0 Å². The number of halogens is 2. The van der Waals surface area contributed by atoms with Gasteiger partial charge in [0.25, 0.3) is 0 Å². The number of nitrogens with two attached hydrogens (primary N) is 1. The van der Waals surface area contributed by atoms with Gasteiger partial charge in [-0.05, 0) is 30.9 Å². The lowest BCUT2D eigenvalue weighted by Crippen LogP contribution is -2.40. The molecule has 0 radical (unpaired) electrons. The molecule has 3 heterocycles. The van der Waals surface area contributed by atoms with Crippen LogP contribution in [-0.4, -0.2) is 38.7 Å². The van der Waals surface area contributed by atoms with Crippen molar-refractivity contribution in [2.75, 3.05) is 23.3 Å². The van der Waals surface area contributed by atoms with Crippen LogP contribution >= 0.6 is 23.2 Å². The second-order valence-corrected chi connectivity index (χ2v) is 8.53. The summed E-state index contributed by atoms with van der Waals surface area (Å²) >= 11 is 12.7. The summed E-state index contributed by atoms with van der Waals surface area (Å²) in [7, 11) is 0. The van der Waals surface area contributed by atoms with E-state index in [-0.39, 0.29) is 6.04 Å². The van der Waals surface area contributed by atoms with Crippen molar-refractivity contribution in [1.29, 1.82) is 0 Å².